The predicted molar refractivity (Wildman–Crippen MR) is 129 cm³/mol. The summed E-state index contributed by atoms with van der Waals surface area (Å²) in [5, 5.41) is 6.99. The molecular formula is C23H23FN6O5S. The molecule has 3 aromatic heterocycles. The average Bonchev–Trinajstić information content (AvgIpc) is 3.41. The number of hydrogen-bond acceptors (Lipinski definition) is 7. The van der Waals surface area contributed by atoms with Gasteiger partial charge in [-0.25, -0.2) is 17.8 Å². The fourth-order valence-electron chi connectivity index (χ4n) is 4.41. The number of hydrogen-bond donors (Lipinski definition) is 1. The summed E-state index contributed by atoms with van der Waals surface area (Å²) in [5.74, 6) is -1.48. The van der Waals surface area contributed by atoms with Gasteiger partial charge in [0.2, 0.25) is 5.91 Å². The van der Waals surface area contributed by atoms with Crippen molar-refractivity contribution in [3.8, 4) is 0 Å². The van der Waals surface area contributed by atoms with Crippen molar-refractivity contribution in [2.24, 2.45) is 0 Å². The van der Waals surface area contributed by atoms with Crippen LogP contribution in [0.3, 0.4) is 0 Å². The maximum Gasteiger partial charge on any atom is 0.280 e. The second-order valence-corrected chi connectivity index (χ2v) is 11.3. The molecule has 5 rings (SSSR count). The number of carbonyl (C=O) groups excluding carboxylic acids is 2. The average molecular weight is 515 g/mol. The van der Waals surface area contributed by atoms with Crippen molar-refractivity contribution >= 4 is 38.7 Å². The fraction of sp³-hybridized carbons (Fsp3) is 0.348. The Bertz CT molecular complexity index is 1600. The smallest absolute Gasteiger partial charge is 0.280 e. The third-order valence-electron chi connectivity index (χ3n) is 6.28. The highest BCUT2D eigenvalue weighted by atomic mass is 32.2. The highest BCUT2D eigenvalue weighted by Crippen LogP contribution is 2.27. The van der Waals surface area contributed by atoms with E-state index in [9.17, 15) is 27.2 Å². The molecular weight excluding hydrogens is 491 g/mol. The molecule has 0 aliphatic carbocycles. The lowest BCUT2D eigenvalue weighted by Gasteiger charge is -2.20. The van der Waals surface area contributed by atoms with Crippen molar-refractivity contribution in [3.05, 3.63) is 63.6 Å². The zero-order valence-electron chi connectivity index (χ0n) is 19.6. The summed E-state index contributed by atoms with van der Waals surface area (Å²) in [7, 11) is -3.16. The number of allylic oxidation sites excluding steroid dienone is 1. The summed E-state index contributed by atoms with van der Waals surface area (Å²) in [6.45, 7) is 3.41. The molecule has 36 heavy (non-hydrogen) atoms. The number of fused-ring (bicyclic) bond motifs is 2. The van der Waals surface area contributed by atoms with Crippen LogP contribution in [0.25, 0.3) is 11.2 Å². The molecule has 0 bridgehead atoms. The van der Waals surface area contributed by atoms with Crippen LogP contribution in [0, 0.1) is 5.82 Å². The van der Waals surface area contributed by atoms with Crippen LogP contribution in [-0.4, -0.2) is 61.8 Å². The quantitative estimate of drug-likeness (QED) is 0.541. The Morgan fingerprint density at radius 1 is 1.25 bits per heavy atom. The second kappa shape index (κ2) is 8.66. The highest BCUT2D eigenvalue weighted by molar-refractivity contribution is 7.91. The van der Waals surface area contributed by atoms with Gasteiger partial charge in [-0.3, -0.25) is 14.4 Å². The minimum absolute atomic E-state index is 0.0254. The number of rotatable bonds is 5. The van der Waals surface area contributed by atoms with E-state index in [4.69, 9.17) is 0 Å². The first kappa shape index (κ1) is 23.9. The number of anilines is 1. The first-order valence-corrected chi connectivity index (χ1v) is 13.1. The van der Waals surface area contributed by atoms with Crippen molar-refractivity contribution < 1.29 is 22.4 Å². The number of pyridine rings is 1. The van der Waals surface area contributed by atoms with Gasteiger partial charge >= 0.3 is 0 Å². The van der Waals surface area contributed by atoms with E-state index in [0.29, 0.717) is 11.3 Å². The normalized spacial score (nSPS) is 16.9. The topological polar surface area (TPSA) is 136 Å². The molecule has 11 nitrogen and oxygen atoms in total. The molecule has 0 fully saturated rings. The lowest BCUT2D eigenvalue weighted by atomic mass is 10.1. The van der Waals surface area contributed by atoms with E-state index in [-0.39, 0.29) is 65.7 Å². The third-order valence-corrected chi connectivity index (χ3v) is 7.78. The minimum Gasteiger partial charge on any atom is -0.330 e. The molecule has 1 N–H and O–H groups in total. The molecule has 0 atom stereocenters. The summed E-state index contributed by atoms with van der Waals surface area (Å²) in [6, 6.07) is 3.88. The molecule has 5 heterocycles. The fourth-order valence-corrected chi connectivity index (χ4v) is 5.56. The Morgan fingerprint density at radius 2 is 2.03 bits per heavy atom. The maximum atomic E-state index is 13.3. The van der Waals surface area contributed by atoms with Crippen LogP contribution in [-0.2, 0) is 27.7 Å². The van der Waals surface area contributed by atoms with Gasteiger partial charge < -0.3 is 14.8 Å². The van der Waals surface area contributed by atoms with Crippen LogP contribution in [0.15, 0.2) is 35.3 Å². The van der Waals surface area contributed by atoms with Gasteiger partial charge in [0.1, 0.15) is 29.5 Å². The van der Waals surface area contributed by atoms with Gasteiger partial charge in [-0.1, -0.05) is 6.08 Å². The molecule has 2 aliphatic rings. The maximum absolute atomic E-state index is 13.3. The van der Waals surface area contributed by atoms with Gasteiger partial charge in [-0.2, -0.15) is 9.61 Å². The van der Waals surface area contributed by atoms with E-state index in [0.717, 1.165) is 16.8 Å². The number of nitrogens with zero attached hydrogens (tertiary/aromatic N) is 5. The van der Waals surface area contributed by atoms with Crippen molar-refractivity contribution in [2.75, 3.05) is 16.8 Å². The first-order chi connectivity index (χ1) is 17.0. The zero-order chi connectivity index (χ0) is 25.8. The number of amides is 2. The zero-order valence-corrected chi connectivity index (χ0v) is 20.4. The number of carbonyl (C=O) groups is 2. The van der Waals surface area contributed by atoms with E-state index >= 15 is 0 Å². The molecule has 0 spiro atoms. The summed E-state index contributed by atoms with van der Waals surface area (Å²) in [5.41, 5.74) is 1.18. The van der Waals surface area contributed by atoms with Crippen LogP contribution < -0.4 is 10.9 Å². The third kappa shape index (κ3) is 4.19. The van der Waals surface area contributed by atoms with Crippen molar-refractivity contribution in [2.45, 2.75) is 39.4 Å². The van der Waals surface area contributed by atoms with E-state index in [1.165, 1.54) is 15.5 Å². The summed E-state index contributed by atoms with van der Waals surface area (Å²) < 4.78 is 39.4. The number of sulfone groups is 1. The predicted octanol–water partition coefficient (Wildman–Crippen LogP) is 1.23. The molecule has 0 radical (unpaired) electrons. The molecule has 3 aromatic rings. The summed E-state index contributed by atoms with van der Waals surface area (Å²) in [4.78, 5) is 44.9. The molecule has 13 heteroatoms. The summed E-state index contributed by atoms with van der Waals surface area (Å²) >= 11 is 0. The van der Waals surface area contributed by atoms with Crippen LogP contribution in [0.1, 0.15) is 42.0 Å². The van der Waals surface area contributed by atoms with Gasteiger partial charge in [-0.05, 0) is 38.0 Å². The Balaban J connectivity index is 1.61. The van der Waals surface area contributed by atoms with Crippen molar-refractivity contribution in [1.82, 2.24) is 24.1 Å². The Hall–Kier alpha value is -3.87. The van der Waals surface area contributed by atoms with Gasteiger partial charge in [0.15, 0.2) is 9.84 Å². The van der Waals surface area contributed by atoms with Gasteiger partial charge in [0.25, 0.3) is 11.5 Å². The highest BCUT2D eigenvalue weighted by Gasteiger charge is 2.36. The minimum atomic E-state index is -3.16. The molecule has 188 valence electrons. The molecule has 0 saturated heterocycles. The molecule has 0 aromatic carbocycles. The van der Waals surface area contributed by atoms with Crippen LogP contribution >= 0.6 is 0 Å². The molecule has 0 unspecified atom stereocenters. The van der Waals surface area contributed by atoms with Gasteiger partial charge in [0.05, 0.1) is 35.5 Å². The van der Waals surface area contributed by atoms with Crippen LogP contribution in [0.5, 0.6) is 0 Å². The molecule has 0 saturated carbocycles. The van der Waals surface area contributed by atoms with E-state index in [1.807, 2.05) is 13.8 Å². The first-order valence-electron chi connectivity index (χ1n) is 11.3. The monoisotopic (exact) mass is 514 g/mol. The number of nitrogens with one attached hydrogen (secondary N) is 1. The molecule has 2 amide bonds. The standard InChI is InChI=1S/C23H23FN6O5S/c1-13(2)28-11-16-21(23(28)33)29(12-19(31)26-18-4-3-15(24)10-25-18)20-9-17(27-30(20)22(16)32)14-5-7-36(34,35)8-6-14/h3-5,9-10,13H,6-8,11-12H2,1-2H3,(H,25,26,31). The van der Waals surface area contributed by atoms with E-state index in [1.54, 1.807) is 12.1 Å². The van der Waals surface area contributed by atoms with Crippen molar-refractivity contribution in [3.63, 3.8) is 0 Å². The lowest BCUT2D eigenvalue weighted by molar-refractivity contribution is -0.116. The van der Waals surface area contributed by atoms with E-state index in [2.05, 4.69) is 15.4 Å². The summed E-state index contributed by atoms with van der Waals surface area (Å²) in [6.07, 6.45) is 2.79. The SMILES string of the molecule is CC(C)N1Cc2c(n(CC(=O)Nc3ccc(F)cn3)c3cc(C4=CCS(=O)(=O)CC4)nn3c2=O)C1=O. The largest absolute Gasteiger partial charge is 0.330 e. The molecule has 2 aliphatic heterocycles. The van der Waals surface area contributed by atoms with Gasteiger partial charge in [-0.15, -0.1) is 0 Å². The Morgan fingerprint density at radius 3 is 2.67 bits per heavy atom. The number of aromatic nitrogens is 4. The van der Waals surface area contributed by atoms with Crippen LogP contribution in [0.2, 0.25) is 0 Å². The second-order valence-electron chi connectivity index (χ2n) is 9.05. The Labute approximate surface area is 205 Å². The Kier molecular flexibility index (Phi) is 5.74. The van der Waals surface area contributed by atoms with Crippen LogP contribution in [0.4, 0.5) is 10.2 Å². The van der Waals surface area contributed by atoms with Crippen molar-refractivity contribution in [1.29, 1.82) is 0 Å². The lowest BCUT2D eigenvalue weighted by Crippen LogP contribution is -2.32. The number of halogens is 1. The van der Waals surface area contributed by atoms with Gasteiger partial charge in [0, 0.05) is 12.1 Å². The van der Waals surface area contributed by atoms with E-state index < -0.39 is 27.1 Å².